The van der Waals surface area contributed by atoms with E-state index in [2.05, 4.69) is 25.6 Å². The number of hydrogen-bond acceptors (Lipinski definition) is 7. The number of nitrogens with zero attached hydrogens (tertiary/aromatic N) is 4. The summed E-state index contributed by atoms with van der Waals surface area (Å²) in [5, 5.41) is 17.3. The molecule has 8 nitrogen and oxygen atoms in total. The Kier molecular flexibility index (Phi) is 5.71. The Morgan fingerprint density at radius 3 is 2.60 bits per heavy atom. The lowest BCUT2D eigenvalue weighted by atomic mass is 10.1. The Balaban J connectivity index is 1.44. The minimum atomic E-state index is -0.427. The van der Waals surface area contributed by atoms with E-state index in [0.717, 1.165) is 16.5 Å². The lowest BCUT2D eigenvalue weighted by Crippen LogP contribution is -2.14. The highest BCUT2D eigenvalue weighted by molar-refractivity contribution is 7.99. The van der Waals surface area contributed by atoms with Crippen LogP contribution in [0.2, 0.25) is 0 Å². The molecule has 30 heavy (non-hydrogen) atoms. The molecule has 9 heteroatoms. The van der Waals surface area contributed by atoms with Gasteiger partial charge in [0, 0.05) is 11.1 Å². The van der Waals surface area contributed by atoms with E-state index in [1.54, 1.807) is 28.9 Å². The van der Waals surface area contributed by atoms with E-state index in [9.17, 15) is 9.59 Å². The predicted octanol–water partition coefficient (Wildman–Crippen LogP) is 3.33. The third-order valence-corrected chi connectivity index (χ3v) is 5.28. The summed E-state index contributed by atoms with van der Waals surface area (Å²) >= 11 is 1.24. The van der Waals surface area contributed by atoms with Crippen molar-refractivity contribution in [3.05, 3.63) is 72.3 Å². The molecule has 0 saturated heterocycles. The average molecular weight is 419 g/mol. The first-order valence-electron chi connectivity index (χ1n) is 9.03. The highest BCUT2D eigenvalue weighted by Crippen LogP contribution is 2.25. The summed E-state index contributed by atoms with van der Waals surface area (Å²) in [6, 6.07) is 20.3. The van der Waals surface area contributed by atoms with Crippen LogP contribution in [0, 0.1) is 0 Å². The van der Waals surface area contributed by atoms with Gasteiger partial charge >= 0.3 is 5.97 Å². The molecular formula is C21H17N5O3S. The molecule has 0 spiro atoms. The van der Waals surface area contributed by atoms with Crippen LogP contribution in [-0.2, 0) is 9.53 Å². The SMILES string of the molecule is COC(=O)c1ccc(NC(=O)CSc2nnnn2-c2cccc3ccccc23)cc1. The molecule has 1 heterocycles. The fourth-order valence-corrected chi connectivity index (χ4v) is 3.63. The molecule has 1 N–H and O–H groups in total. The number of tetrazole rings is 1. The van der Waals surface area contributed by atoms with Crippen LogP contribution in [0.1, 0.15) is 10.4 Å². The summed E-state index contributed by atoms with van der Waals surface area (Å²) in [6.45, 7) is 0. The molecule has 0 saturated carbocycles. The van der Waals surface area contributed by atoms with Crippen LogP contribution >= 0.6 is 11.8 Å². The summed E-state index contributed by atoms with van der Waals surface area (Å²) in [5.41, 5.74) is 1.85. The fraction of sp³-hybridized carbons (Fsp3) is 0.0952. The topological polar surface area (TPSA) is 99.0 Å². The molecule has 0 atom stereocenters. The fourth-order valence-electron chi connectivity index (χ4n) is 2.95. The summed E-state index contributed by atoms with van der Waals surface area (Å²) in [7, 11) is 1.32. The molecule has 0 aliphatic rings. The van der Waals surface area contributed by atoms with E-state index in [0.29, 0.717) is 16.4 Å². The second-order valence-electron chi connectivity index (χ2n) is 6.28. The molecule has 0 aliphatic heterocycles. The number of carbonyl (C=O) groups is 2. The Labute approximate surface area is 176 Å². The monoisotopic (exact) mass is 419 g/mol. The molecular weight excluding hydrogens is 402 g/mol. The molecule has 4 aromatic rings. The summed E-state index contributed by atoms with van der Waals surface area (Å²) < 4.78 is 6.29. The highest BCUT2D eigenvalue weighted by Gasteiger charge is 2.14. The standard InChI is InChI=1S/C21H17N5O3S/c1-29-20(28)15-9-11-16(12-10-15)22-19(27)13-30-21-23-24-25-26(21)18-8-4-6-14-5-2-3-7-17(14)18/h2-12H,13H2,1H3,(H,22,27). The van der Waals surface area contributed by atoms with E-state index >= 15 is 0 Å². The number of ether oxygens (including phenoxy) is 1. The number of fused-ring (bicyclic) bond motifs is 1. The number of nitrogens with one attached hydrogen (secondary N) is 1. The van der Waals surface area contributed by atoms with Crippen molar-refractivity contribution in [3.8, 4) is 5.69 Å². The molecule has 0 radical (unpaired) electrons. The van der Waals surface area contributed by atoms with E-state index in [-0.39, 0.29) is 11.7 Å². The van der Waals surface area contributed by atoms with E-state index in [1.807, 2.05) is 42.5 Å². The van der Waals surface area contributed by atoms with Gasteiger partial charge in [0.15, 0.2) is 0 Å². The Hall–Kier alpha value is -3.72. The van der Waals surface area contributed by atoms with Crippen molar-refractivity contribution in [3.63, 3.8) is 0 Å². The number of aromatic nitrogens is 4. The lowest BCUT2D eigenvalue weighted by molar-refractivity contribution is -0.113. The minimum Gasteiger partial charge on any atom is -0.465 e. The zero-order chi connectivity index (χ0) is 20.9. The van der Waals surface area contributed by atoms with Gasteiger partial charge in [-0.1, -0.05) is 48.2 Å². The number of amides is 1. The van der Waals surface area contributed by atoms with Crippen LogP contribution in [0.5, 0.6) is 0 Å². The average Bonchev–Trinajstić information content (AvgIpc) is 3.25. The summed E-state index contributed by atoms with van der Waals surface area (Å²) in [4.78, 5) is 23.8. The Morgan fingerprint density at radius 1 is 1.03 bits per heavy atom. The molecule has 1 aromatic heterocycles. The normalized spacial score (nSPS) is 10.7. The van der Waals surface area contributed by atoms with Gasteiger partial charge in [0.1, 0.15) is 0 Å². The first kappa shape index (κ1) is 19.6. The van der Waals surface area contributed by atoms with Crippen molar-refractivity contribution in [2.75, 3.05) is 18.2 Å². The first-order valence-corrected chi connectivity index (χ1v) is 10.0. The molecule has 1 amide bonds. The predicted molar refractivity (Wildman–Crippen MR) is 114 cm³/mol. The number of methoxy groups -OCH3 is 1. The number of hydrogen-bond donors (Lipinski definition) is 1. The summed E-state index contributed by atoms with van der Waals surface area (Å²) in [6.07, 6.45) is 0. The van der Waals surface area contributed by atoms with Gasteiger partial charge in [-0.05, 0) is 46.1 Å². The maximum absolute atomic E-state index is 12.3. The lowest BCUT2D eigenvalue weighted by Gasteiger charge is -2.08. The van der Waals surface area contributed by atoms with Crippen molar-refractivity contribution in [1.29, 1.82) is 0 Å². The van der Waals surface area contributed by atoms with Gasteiger partial charge in [-0.15, -0.1) is 5.10 Å². The van der Waals surface area contributed by atoms with Crippen LogP contribution in [-0.4, -0.2) is 44.9 Å². The van der Waals surface area contributed by atoms with Crippen LogP contribution in [0.3, 0.4) is 0 Å². The van der Waals surface area contributed by atoms with Gasteiger partial charge in [0.05, 0.1) is 24.1 Å². The highest BCUT2D eigenvalue weighted by atomic mass is 32.2. The molecule has 0 fully saturated rings. The summed E-state index contributed by atoms with van der Waals surface area (Å²) in [5.74, 6) is -0.508. The zero-order valence-corrected chi connectivity index (χ0v) is 16.8. The van der Waals surface area contributed by atoms with E-state index in [4.69, 9.17) is 0 Å². The van der Waals surface area contributed by atoms with Crippen molar-refractivity contribution in [2.24, 2.45) is 0 Å². The van der Waals surface area contributed by atoms with Gasteiger partial charge in [-0.2, -0.15) is 4.68 Å². The Bertz CT molecular complexity index is 1200. The second kappa shape index (κ2) is 8.75. The van der Waals surface area contributed by atoms with Crippen LogP contribution in [0.4, 0.5) is 5.69 Å². The van der Waals surface area contributed by atoms with Gasteiger partial charge in [0.2, 0.25) is 11.1 Å². The second-order valence-corrected chi connectivity index (χ2v) is 7.22. The Morgan fingerprint density at radius 2 is 1.80 bits per heavy atom. The third-order valence-electron chi connectivity index (χ3n) is 4.36. The van der Waals surface area contributed by atoms with Gasteiger partial charge in [-0.25, -0.2) is 4.79 Å². The number of benzene rings is 3. The smallest absolute Gasteiger partial charge is 0.337 e. The van der Waals surface area contributed by atoms with E-state index < -0.39 is 5.97 Å². The number of esters is 1. The molecule has 0 aliphatic carbocycles. The van der Waals surface area contributed by atoms with Gasteiger partial charge < -0.3 is 10.1 Å². The van der Waals surface area contributed by atoms with Crippen molar-refractivity contribution in [1.82, 2.24) is 20.2 Å². The van der Waals surface area contributed by atoms with Crippen molar-refractivity contribution < 1.29 is 14.3 Å². The quantitative estimate of drug-likeness (QED) is 0.378. The van der Waals surface area contributed by atoms with Gasteiger partial charge in [0.25, 0.3) is 0 Å². The maximum Gasteiger partial charge on any atom is 0.337 e. The van der Waals surface area contributed by atoms with Crippen molar-refractivity contribution >= 4 is 40.1 Å². The van der Waals surface area contributed by atoms with E-state index in [1.165, 1.54) is 18.9 Å². The molecule has 150 valence electrons. The number of thioether (sulfide) groups is 1. The zero-order valence-electron chi connectivity index (χ0n) is 16.0. The van der Waals surface area contributed by atoms with Crippen LogP contribution in [0.15, 0.2) is 71.9 Å². The molecule has 0 unspecified atom stereocenters. The number of rotatable bonds is 6. The minimum absolute atomic E-state index is 0.129. The number of carbonyl (C=O) groups excluding carboxylic acids is 2. The molecule has 0 bridgehead atoms. The first-order chi connectivity index (χ1) is 14.7. The van der Waals surface area contributed by atoms with Crippen LogP contribution < -0.4 is 5.32 Å². The van der Waals surface area contributed by atoms with Crippen molar-refractivity contribution in [2.45, 2.75) is 5.16 Å². The van der Waals surface area contributed by atoms with Crippen LogP contribution in [0.25, 0.3) is 16.5 Å². The molecule has 3 aromatic carbocycles. The molecule has 4 rings (SSSR count). The largest absolute Gasteiger partial charge is 0.465 e. The number of anilines is 1. The maximum atomic E-state index is 12.3. The third kappa shape index (κ3) is 4.15. The van der Waals surface area contributed by atoms with Gasteiger partial charge in [-0.3, -0.25) is 4.79 Å².